The van der Waals surface area contributed by atoms with Crippen molar-refractivity contribution < 1.29 is 24.2 Å². The number of anilines is 3. The van der Waals surface area contributed by atoms with E-state index < -0.39 is 12.6 Å². The highest BCUT2D eigenvalue weighted by molar-refractivity contribution is 6.07. The fraction of sp³-hybridized carbons (Fsp3) is 0.160. The van der Waals surface area contributed by atoms with Gasteiger partial charge < -0.3 is 25.4 Å². The van der Waals surface area contributed by atoms with Gasteiger partial charge in [0.25, 0.3) is 11.8 Å². The predicted molar refractivity (Wildman–Crippen MR) is 127 cm³/mol. The maximum Gasteiger partial charge on any atom is 0.341 e. The number of carbonyl (C=O) groups excluding carboxylic acids is 2. The molecular formula is C25H25N3O5. The third-order valence-electron chi connectivity index (χ3n) is 4.83. The molecule has 33 heavy (non-hydrogen) atoms. The summed E-state index contributed by atoms with van der Waals surface area (Å²) in [5, 5.41) is 14.4. The number of ether oxygens (including phenoxy) is 1. The zero-order valence-electron chi connectivity index (χ0n) is 18.6. The summed E-state index contributed by atoms with van der Waals surface area (Å²) in [6, 6.07) is 18.8. The predicted octanol–water partition coefficient (Wildman–Crippen LogP) is 4.03. The lowest BCUT2D eigenvalue weighted by Crippen LogP contribution is -2.16. The van der Waals surface area contributed by atoms with Crippen molar-refractivity contribution in [3.8, 4) is 5.75 Å². The number of benzene rings is 3. The van der Waals surface area contributed by atoms with Crippen molar-refractivity contribution in [2.24, 2.45) is 0 Å². The fourth-order valence-electron chi connectivity index (χ4n) is 3.03. The standard InChI is InChI=1S/C25H25N3O5/c1-16-10-11-19(26-24(31)17-6-4-8-20(12-17)28(2)3)14-22(16)27-25(32)18-7-5-9-21(13-18)33-15-23(29)30/h4-14H,15H2,1-3H3,(H,26,31)(H,27,32)(H,29,30). The first-order valence-electron chi connectivity index (χ1n) is 10.2. The number of carboxylic acids is 1. The summed E-state index contributed by atoms with van der Waals surface area (Å²) >= 11 is 0. The topological polar surface area (TPSA) is 108 Å². The lowest BCUT2D eigenvalue weighted by Gasteiger charge is -2.14. The molecule has 0 aliphatic rings. The van der Waals surface area contributed by atoms with E-state index in [1.54, 1.807) is 48.5 Å². The second kappa shape index (κ2) is 10.3. The quantitative estimate of drug-likeness (QED) is 0.481. The molecule has 0 unspecified atom stereocenters. The average Bonchev–Trinajstić information content (AvgIpc) is 2.80. The van der Waals surface area contributed by atoms with E-state index in [9.17, 15) is 14.4 Å². The maximum atomic E-state index is 12.7. The van der Waals surface area contributed by atoms with Gasteiger partial charge in [0.2, 0.25) is 0 Å². The summed E-state index contributed by atoms with van der Waals surface area (Å²) in [5.74, 6) is -1.47. The number of carbonyl (C=O) groups is 3. The molecule has 0 aliphatic heterocycles. The van der Waals surface area contributed by atoms with Crippen molar-refractivity contribution in [1.82, 2.24) is 0 Å². The molecule has 8 heteroatoms. The van der Waals surface area contributed by atoms with Gasteiger partial charge in [-0.25, -0.2) is 4.79 Å². The molecule has 3 N–H and O–H groups in total. The Morgan fingerprint density at radius 2 is 1.55 bits per heavy atom. The Bertz CT molecular complexity index is 1190. The molecule has 0 spiro atoms. The van der Waals surface area contributed by atoms with Crippen LogP contribution in [0.4, 0.5) is 17.1 Å². The molecule has 8 nitrogen and oxygen atoms in total. The van der Waals surface area contributed by atoms with E-state index in [1.165, 1.54) is 6.07 Å². The van der Waals surface area contributed by atoms with Crippen LogP contribution >= 0.6 is 0 Å². The molecule has 0 aromatic heterocycles. The van der Waals surface area contributed by atoms with Crippen molar-refractivity contribution in [3.05, 3.63) is 83.4 Å². The highest BCUT2D eigenvalue weighted by Crippen LogP contribution is 2.23. The number of aryl methyl sites for hydroxylation is 1. The van der Waals surface area contributed by atoms with E-state index in [2.05, 4.69) is 10.6 Å². The first kappa shape index (κ1) is 23.3. The van der Waals surface area contributed by atoms with Crippen LogP contribution in [0.25, 0.3) is 0 Å². The highest BCUT2D eigenvalue weighted by atomic mass is 16.5. The van der Waals surface area contributed by atoms with E-state index in [0.717, 1.165) is 11.3 Å². The van der Waals surface area contributed by atoms with E-state index >= 15 is 0 Å². The molecule has 0 fully saturated rings. The normalized spacial score (nSPS) is 10.3. The summed E-state index contributed by atoms with van der Waals surface area (Å²) in [6.45, 7) is 1.34. The molecule has 0 heterocycles. The van der Waals surface area contributed by atoms with Crippen LogP contribution in [0.5, 0.6) is 5.75 Å². The molecular weight excluding hydrogens is 422 g/mol. The van der Waals surface area contributed by atoms with Crippen molar-refractivity contribution in [3.63, 3.8) is 0 Å². The lowest BCUT2D eigenvalue weighted by molar-refractivity contribution is -0.139. The summed E-state index contributed by atoms with van der Waals surface area (Å²) < 4.78 is 5.13. The molecule has 0 atom stereocenters. The molecule has 3 rings (SSSR count). The largest absolute Gasteiger partial charge is 0.482 e. The summed E-state index contributed by atoms with van der Waals surface area (Å²) in [7, 11) is 3.81. The van der Waals surface area contributed by atoms with Crippen LogP contribution in [-0.4, -0.2) is 43.6 Å². The fourth-order valence-corrected chi connectivity index (χ4v) is 3.03. The van der Waals surface area contributed by atoms with Crippen LogP contribution in [0.3, 0.4) is 0 Å². The number of hydrogen-bond acceptors (Lipinski definition) is 5. The molecule has 0 aliphatic carbocycles. The molecule has 0 radical (unpaired) electrons. The van der Waals surface area contributed by atoms with Gasteiger partial charge in [-0.3, -0.25) is 9.59 Å². The molecule has 2 amide bonds. The number of nitrogens with zero attached hydrogens (tertiary/aromatic N) is 1. The minimum Gasteiger partial charge on any atom is -0.482 e. The van der Waals surface area contributed by atoms with Gasteiger partial charge in [-0.15, -0.1) is 0 Å². The molecule has 0 saturated heterocycles. The first-order valence-corrected chi connectivity index (χ1v) is 10.2. The van der Waals surface area contributed by atoms with Gasteiger partial charge in [-0.1, -0.05) is 18.2 Å². The zero-order valence-corrected chi connectivity index (χ0v) is 18.6. The van der Waals surface area contributed by atoms with Gasteiger partial charge in [-0.2, -0.15) is 0 Å². The Morgan fingerprint density at radius 1 is 0.879 bits per heavy atom. The van der Waals surface area contributed by atoms with Crippen LogP contribution < -0.4 is 20.3 Å². The van der Waals surface area contributed by atoms with Crippen LogP contribution in [-0.2, 0) is 4.79 Å². The molecule has 3 aromatic rings. The Morgan fingerprint density at radius 3 is 2.24 bits per heavy atom. The SMILES string of the molecule is Cc1ccc(NC(=O)c2cccc(N(C)C)c2)cc1NC(=O)c1cccc(OCC(=O)O)c1. The number of carboxylic acid groups (broad SMARTS) is 1. The third kappa shape index (κ3) is 6.33. The van der Waals surface area contributed by atoms with Crippen molar-refractivity contribution in [2.45, 2.75) is 6.92 Å². The van der Waals surface area contributed by atoms with E-state index in [-0.39, 0.29) is 17.6 Å². The molecule has 170 valence electrons. The van der Waals surface area contributed by atoms with Crippen LogP contribution in [0, 0.1) is 6.92 Å². The molecule has 0 saturated carbocycles. The highest BCUT2D eigenvalue weighted by Gasteiger charge is 2.12. The number of amides is 2. The van der Waals surface area contributed by atoms with Crippen LogP contribution in [0.1, 0.15) is 26.3 Å². The molecule has 3 aromatic carbocycles. The summed E-state index contributed by atoms with van der Waals surface area (Å²) in [6.07, 6.45) is 0. The smallest absolute Gasteiger partial charge is 0.341 e. The van der Waals surface area contributed by atoms with Crippen LogP contribution in [0.15, 0.2) is 66.7 Å². The minimum absolute atomic E-state index is 0.261. The summed E-state index contributed by atoms with van der Waals surface area (Å²) in [5.41, 5.74) is 3.63. The Kier molecular flexibility index (Phi) is 7.30. The van der Waals surface area contributed by atoms with Gasteiger partial charge >= 0.3 is 5.97 Å². The van der Waals surface area contributed by atoms with Gasteiger partial charge in [-0.05, 0) is 61.0 Å². The number of rotatable bonds is 8. The number of hydrogen-bond donors (Lipinski definition) is 3. The Balaban J connectivity index is 1.73. The second-order valence-corrected chi connectivity index (χ2v) is 7.59. The number of nitrogens with one attached hydrogen (secondary N) is 2. The number of aliphatic carboxylic acids is 1. The van der Waals surface area contributed by atoms with Gasteiger partial charge in [0.15, 0.2) is 6.61 Å². The van der Waals surface area contributed by atoms with E-state index in [1.807, 2.05) is 38.1 Å². The lowest BCUT2D eigenvalue weighted by atomic mass is 10.1. The first-order chi connectivity index (χ1) is 15.7. The van der Waals surface area contributed by atoms with Gasteiger partial charge in [0, 0.05) is 42.3 Å². The van der Waals surface area contributed by atoms with Crippen molar-refractivity contribution in [1.29, 1.82) is 0 Å². The summed E-state index contributed by atoms with van der Waals surface area (Å²) in [4.78, 5) is 38.0. The Hall–Kier alpha value is -4.33. The van der Waals surface area contributed by atoms with Crippen molar-refractivity contribution >= 4 is 34.8 Å². The monoisotopic (exact) mass is 447 g/mol. The van der Waals surface area contributed by atoms with Crippen molar-refractivity contribution in [2.75, 3.05) is 36.2 Å². The molecule has 0 bridgehead atoms. The minimum atomic E-state index is -1.10. The third-order valence-corrected chi connectivity index (χ3v) is 4.83. The van der Waals surface area contributed by atoms with Crippen LogP contribution in [0.2, 0.25) is 0 Å². The van der Waals surface area contributed by atoms with Gasteiger partial charge in [0.1, 0.15) is 5.75 Å². The van der Waals surface area contributed by atoms with Gasteiger partial charge in [0.05, 0.1) is 0 Å². The maximum absolute atomic E-state index is 12.7. The van der Waals surface area contributed by atoms with E-state index in [4.69, 9.17) is 9.84 Å². The average molecular weight is 447 g/mol. The Labute approximate surface area is 191 Å². The van der Waals surface area contributed by atoms with E-state index in [0.29, 0.717) is 22.5 Å². The zero-order chi connectivity index (χ0) is 24.0. The second-order valence-electron chi connectivity index (χ2n) is 7.59.